The Balaban J connectivity index is 1.99. The van der Waals surface area contributed by atoms with E-state index >= 15 is 0 Å². The molecule has 0 radical (unpaired) electrons. The van der Waals surface area contributed by atoms with Crippen LogP contribution in [0.3, 0.4) is 0 Å². The van der Waals surface area contributed by atoms with Crippen LogP contribution in [0.2, 0.25) is 0 Å². The number of hydrogen-bond donors (Lipinski definition) is 1. The first kappa shape index (κ1) is 23.3. The van der Waals surface area contributed by atoms with Gasteiger partial charge in [0.05, 0.1) is 0 Å². The minimum Gasteiger partial charge on any atom is -0.404 e. The van der Waals surface area contributed by atoms with E-state index in [1.807, 2.05) is 66.7 Å². The van der Waals surface area contributed by atoms with Gasteiger partial charge in [-0.3, -0.25) is 9.42 Å². The van der Waals surface area contributed by atoms with Crippen LogP contribution in [-0.4, -0.2) is 4.89 Å². The van der Waals surface area contributed by atoms with Gasteiger partial charge in [0, 0.05) is 0 Å². The Kier molecular flexibility index (Phi) is 8.09. The van der Waals surface area contributed by atoms with Crippen LogP contribution < -0.4 is 4.52 Å². The highest BCUT2D eigenvalue weighted by Crippen LogP contribution is 2.54. The van der Waals surface area contributed by atoms with Crippen molar-refractivity contribution in [2.75, 3.05) is 0 Å². The third kappa shape index (κ3) is 6.54. The molecule has 164 valence electrons. The highest BCUT2D eigenvalue weighted by atomic mass is 31.2. The van der Waals surface area contributed by atoms with Crippen molar-refractivity contribution in [1.29, 1.82) is 0 Å². The second-order valence-corrected chi connectivity index (χ2v) is 9.47. The summed E-state index contributed by atoms with van der Waals surface area (Å²) in [6, 6.07) is 27.9. The summed E-state index contributed by atoms with van der Waals surface area (Å²) in [5.41, 5.74) is 0.562. The topological polar surface area (TPSA) is 55.8 Å². The molecular formula is C26H31O4P. The molecule has 0 heterocycles. The summed E-state index contributed by atoms with van der Waals surface area (Å²) in [6.07, 6.45) is 3.53. The Labute approximate surface area is 185 Å². The molecule has 1 atom stereocenters. The van der Waals surface area contributed by atoms with E-state index in [-0.39, 0.29) is 0 Å². The Morgan fingerprint density at radius 2 is 1.29 bits per heavy atom. The van der Waals surface area contributed by atoms with Gasteiger partial charge in [-0.15, -0.1) is 0 Å². The summed E-state index contributed by atoms with van der Waals surface area (Å²) in [7, 11) is -4.43. The number of benzene rings is 3. The Morgan fingerprint density at radius 1 is 0.806 bits per heavy atom. The molecule has 3 aromatic carbocycles. The van der Waals surface area contributed by atoms with E-state index < -0.39 is 13.4 Å². The second kappa shape index (κ2) is 10.8. The smallest absolute Gasteiger partial charge is 0.404 e. The van der Waals surface area contributed by atoms with Crippen molar-refractivity contribution >= 4 is 7.82 Å². The Hall–Kier alpha value is -2.39. The summed E-state index contributed by atoms with van der Waals surface area (Å²) < 4.78 is 24.7. The van der Waals surface area contributed by atoms with Crippen molar-refractivity contribution in [3.63, 3.8) is 0 Å². The van der Waals surface area contributed by atoms with E-state index in [9.17, 15) is 9.46 Å². The van der Waals surface area contributed by atoms with Gasteiger partial charge in [0.1, 0.15) is 11.4 Å². The molecule has 0 saturated heterocycles. The van der Waals surface area contributed by atoms with E-state index in [0.29, 0.717) is 18.1 Å². The lowest BCUT2D eigenvalue weighted by Crippen LogP contribution is -2.31. The molecule has 1 unspecified atom stereocenters. The monoisotopic (exact) mass is 438 g/mol. The average Bonchev–Trinajstić information content (AvgIpc) is 2.77. The molecule has 0 fully saturated rings. The van der Waals surface area contributed by atoms with Gasteiger partial charge in [-0.25, -0.2) is 4.57 Å². The number of para-hydroxylation sites is 1. The highest BCUT2D eigenvalue weighted by molar-refractivity contribution is 7.47. The van der Waals surface area contributed by atoms with Crippen LogP contribution in [0.4, 0.5) is 0 Å². The molecule has 0 aromatic heterocycles. The zero-order chi connectivity index (χ0) is 22.2. The SMILES string of the molecule is CC(C)CCCCC(OP(=O)(O)Oc1ccccc1)(c1ccccc1)c1ccccc1. The molecule has 0 spiro atoms. The number of phosphoric acid groups is 1. The fourth-order valence-electron chi connectivity index (χ4n) is 3.78. The van der Waals surface area contributed by atoms with Crippen LogP contribution in [0.25, 0.3) is 0 Å². The predicted octanol–water partition coefficient (Wildman–Crippen LogP) is 7.34. The molecule has 0 amide bonds. The molecule has 1 N–H and O–H groups in total. The first-order valence-electron chi connectivity index (χ1n) is 10.8. The molecule has 4 nitrogen and oxygen atoms in total. The van der Waals surface area contributed by atoms with E-state index in [0.717, 1.165) is 30.4 Å². The summed E-state index contributed by atoms with van der Waals surface area (Å²) in [5, 5.41) is 0. The molecule has 3 rings (SSSR count). The standard InChI is InChI=1S/C26H31O4P/c1-22(2)14-12-13-21-26(23-15-6-3-7-16-23,24-17-8-4-9-18-24)30-31(27,28)29-25-19-10-5-11-20-25/h3-11,15-20,22H,12-14,21H2,1-2H3,(H,27,28). The minimum atomic E-state index is -4.43. The summed E-state index contributed by atoms with van der Waals surface area (Å²) >= 11 is 0. The third-order valence-corrected chi connectivity index (χ3v) is 6.26. The lowest BCUT2D eigenvalue weighted by atomic mass is 9.82. The lowest BCUT2D eigenvalue weighted by molar-refractivity contribution is 0.0581. The van der Waals surface area contributed by atoms with E-state index in [1.165, 1.54) is 0 Å². The van der Waals surface area contributed by atoms with Crippen molar-refractivity contribution in [3.05, 3.63) is 102 Å². The van der Waals surface area contributed by atoms with Gasteiger partial charge in [0.15, 0.2) is 0 Å². The van der Waals surface area contributed by atoms with Gasteiger partial charge in [-0.1, -0.05) is 106 Å². The van der Waals surface area contributed by atoms with Gasteiger partial charge in [0.2, 0.25) is 0 Å². The fraction of sp³-hybridized carbons (Fsp3) is 0.308. The molecule has 0 bridgehead atoms. The largest absolute Gasteiger partial charge is 0.528 e. The van der Waals surface area contributed by atoms with E-state index in [2.05, 4.69) is 13.8 Å². The third-order valence-electron chi connectivity index (χ3n) is 5.28. The van der Waals surface area contributed by atoms with Crippen LogP contribution in [0.1, 0.15) is 50.7 Å². The first-order valence-corrected chi connectivity index (χ1v) is 12.3. The average molecular weight is 439 g/mol. The molecule has 0 aliphatic carbocycles. The quantitative estimate of drug-likeness (QED) is 0.251. The highest BCUT2D eigenvalue weighted by Gasteiger charge is 2.43. The first-order chi connectivity index (χ1) is 14.9. The van der Waals surface area contributed by atoms with E-state index in [4.69, 9.17) is 9.05 Å². The van der Waals surface area contributed by atoms with Crippen molar-refractivity contribution in [2.24, 2.45) is 5.92 Å². The number of rotatable bonds is 11. The summed E-state index contributed by atoms with van der Waals surface area (Å²) in [5.74, 6) is 0.900. The van der Waals surface area contributed by atoms with Gasteiger partial charge in [-0.2, -0.15) is 0 Å². The summed E-state index contributed by atoms with van der Waals surface area (Å²) in [4.78, 5) is 10.8. The molecule has 0 aliphatic rings. The maximum Gasteiger partial charge on any atom is 0.528 e. The van der Waals surface area contributed by atoms with Crippen molar-refractivity contribution in [2.45, 2.75) is 45.1 Å². The van der Waals surface area contributed by atoms with Gasteiger partial charge < -0.3 is 4.52 Å². The zero-order valence-electron chi connectivity index (χ0n) is 18.2. The molecule has 3 aromatic rings. The van der Waals surface area contributed by atoms with Crippen molar-refractivity contribution in [3.8, 4) is 5.75 Å². The molecule has 5 heteroatoms. The molecule has 0 aliphatic heterocycles. The minimum absolute atomic E-state index is 0.295. The molecule has 0 saturated carbocycles. The molecule has 31 heavy (non-hydrogen) atoms. The Bertz CT molecular complexity index is 919. The van der Waals surface area contributed by atoms with Crippen LogP contribution in [0, 0.1) is 5.92 Å². The molecular weight excluding hydrogens is 407 g/mol. The van der Waals surface area contributed by atoms with Gasteiger partial charge >= 0.3 is 7.82 Å². The van der Waals surface area contributed by atoms with Crippen molar-refractivity contribution in [1.82, 2.24) is 0 Å². The maximum absolute atomic E-state index is 13.2. The van der Waals surface area contributed by atoms with Gasteiger partial charge in [0.25, 0.3) is 0 Å². The second-order valence-electron chi connectivity index (χ2n) is 8.16. The predicted molar refractivity (Wildman–Crippen MR) is 125 cm³/mol. The normalized spacial score (nSPS) is 13.7. The summed E-state index contributed by atoms with van der Waals surface area (Å²) in [6.45, 7) is 4.40. The van der Waals surface area contributed by atoms with Crippen LogP contribution >= 0.6 is 7.82 Å². The van der Waals surface area contributed by atoms with Gasteiger partial charge in [-0.05, 0) is 42.0 Å². The fourth-order valence-corrected chi connectivity index (χ4v) is 4.90. The zero-order valence-corrected chi connectivity index (χ0v) is 19.1. The van der Waals surface area contributed by atoms with Crippen molar-refractivity contribution < 1.29 is 18.5 Å². The maximum atomic E-state index is 13.2. The number of hydrogen-bond acceptors (Lipinski definition) is 3. The number of phosphoric ester groups is 1. The Morgan fingerprint density at radius 3 is 1.77 bits per heavy atom. The van der Waals surface area contributed by atoms with Crippen LogP contribution in [0.15, 0.2) is 91.0 Å². The van der Waals surface area contributed by atoms with Crippen LogP contribution in [-0.2, 0) is 14.7 Å². The number of unbranched alkanes of at least 4 members (excludes halogenated alkanes) is 1. The lowest BCUT2D eigenvalue weighted by Gasteiger charge is -2.36. The van der Waals surface area contributed by atoms with Crippen LogP contribution in [0.5, 0.6) is 5.75 Å². The van der Waals surface area contributed by atoms with E-state index in [1.54, 1.807) is 24.3 Å².